The van der Waals surface area contributed by atoms with Gasteiger partial charge in [-0.05, 0) is 123 Å². The summed E-state index contributed by atoms with van der Waals surface area (Å²) in [5.41, 5.74) is 2.81. The summed E-state index contributed by atoms with van der Waals surface area (Å²) in [5, 5.41) is 18.7. The van der Waals surface area contributed by atoms with Crippen molar-refractivity contribution in [3.63, 3.8) is 0 Å². The highest BCUT2D eigenvalue weighted by Crippen LogP contribution is 2.87. The zero-order chi connectivity index (χ0) is 25.1. The quantitative estimate of drug-likeness (QED) is 0.270. The van der Waals surface area contributed by atoms with Crippen molar-refractivity contribution in [1.82, 2.24) is 0 Å². The summed E-state index contributed by atoms with van der Waals surface area (Å²) in [4.78, 5) is 22.7. The van der Waals surface area contributed by atoms with Crippen molar-refractivity contribution in [2.45, 2.75) is 105 Å². The Morgan fingerprint density at radius 1 is 1.06 bits per heavy atom. The molecule has 0 unspecified atom stereocenters. The molecule has 0 bridgehead atoms. The predicted molar refractivity (Wildman–Crippen MR) is 135 cm³/mol. The van der Waals surface area contributed by atoms with Crippen molar-refractivity contribution < 1.29 is 19.8 Å². The van der Waals surface area contributed by atoms with Gasteiger partial charge >= 0.3 is 11.9 Å². The first kappa shape index (κ1) is 25.5. The van der Waals surface area contributed by atoms with Crippen molar-refractivity contribution in [2.75, 3.05) is 0 Å². The van der Waals surface area contributed by atoms with E-state index in [0.29, 0.717) is 45.5 Å². The van der Waals surface area contributed by atoms with Gasteiger partial charge in [0.15, 0.2) is 0 Å². The molecular formula is C30H46O4. The van der Waals surface area contributed by atoms with E-state index >= 15 is 0 Å². The number of carbonyl (C=O) groups is 2. The van der Waals surface area contributed by atoms with Crippen LogP contribution in [0.1, 0.15) is 105 Å². The molecule has 0 aromatic rings. The van der Waals surface area contributed by atoms with Crippen LogP contribution in [0.3, 0.4) is 0 Å². The van der Waals surface area contributed by atoms with Crippen LogP contribution in [-0.2, 0) is 9.59 Å². The lowest BCUT2D eigenvalue weighted by atomic mass is 9.43. The minimum Gasteiger partial charge on any atom is -0.481 e. The van der Waals surface area contributed by atoms with E-state index in [0.717, 1.165) is 19.3 Å². The number of rotatable bonds is 9. The molecule has 0 heterocycles. The second-order valence-corrected chi connectivity index (χ2v) is 13.1. The molecule has 190 valence electrons. The molecule has 4 saturated carbocycles. The normalized spacial score (nSPS) is 43.9. The fourth-order valence-corrected chi connectivity index (χ4v) is 10.1. The number of carboxylic acids is 2. The van der Waals surface area contributed by atoms with E-state index in [9.17, 15) is 14.7 Å². The van der Waals surface area contributed by atoms with E-state index in [2.05, 4.69) is 34.3 Å². The Kier molecular flexibility index (Phi) is 6.39. The minimum atomic E-state index is -0.813. The molecule has 34 heavy (non-hydrogen) atoms. The Hall–Kier alpha value is -1.58. The van der Waals surface area contributed by atoms with Crippen molar-refractivity contribution in [1.29, 1.82) is 0 Å². The van der Waals surface area contributed by atoms with Crippen LogP contribution in [0.5, 0.6) is 0 Å². The predicted octanol–water partition coefficient (Wildman–Crippen LogP) is 7.49. The van der Waals surface area contributed by atoms with Crippen molar-refractivity contribution in [3.05, 3.63) is 23.8 Å². The fraction of sp³-hybridized carbons (Fsp3) is 0.800. The summed E-state index contributed by atoms with van der Waals surface area (Å²) < 4.78 is 0. The van der Waals surface area contributed by atoms with Gasteiger partial charge in [0.05, 0.1) is 0 Å². The van der Waals surface area contributed by atoms with Crippen LogP contribution >= 0.6 is 0 Å². The number of hydrogen-bond donors (Lipinski definition) is 2. The molecular weight excluding hydrogens is 424 g/mol. The molecule has 4 nitrogen and oxygen atoms in total. The lowest BCUT2D eigenvalue weighted by Gasteiger charge is -2.61. The summed E-state index contributed by atoms with van der Waals surface area (Å²) in [6.45, 7) is 15.8. The summed E-state index contributed by atoms with van der Waals surface area (Å²) in [5.74, 6) is 0.964. The van der Waals surface area contributed by atoms with E-state index in [1.807, 2.05) is 6.08 Å². The molecule has 0 aliphatic heterocycles. The molecule has 0 aromatic heterocycles. The maximum atomic E-state index is 11.6. The molecule has 4 heteroatoms. The lowest BCUT2D eigenvalue weighted by Crippen LogP contribution is -2.54. The molecule has 4 aliphatic rings. The average Bonchev–Trinajstić information content (AvgIpc) is 3.35. The number of allylic oxidation sites excluding steroid dienone is 2. The Bertz CT molecular complexity index is 903. The topological polar surface area (TPSA) is 74.6 Å². The highest BCUT2D eigenvalue weighted by Gasteiger charge is 2.80. The Morgan fingerprint density at radius 3 is 2.38 bits per heavy atom. The van der Waals surface area contributed by atoms with Gasteiger partial charge < -0.3 is 10.2 Å². The van der Waals surface area contributed by atoms with Crippen LogP contribution in [0.25, 0.3) is 0 Å². The third-order valence-electron chi connectivity index (χ3n) is 12.0. The van der Waals surface area contributed by atoms with Gasteiger partial charge in [-0.2, -0.15) is 0 Å². The molecule has 2 N–H and O–H groups in total. The van der Waals surface area contributed by atoms with Crippen molar-refractivity contribution >= 4 is 11.9 Å². The fourth-order valence-electron chi connectivity index (χ4n) is 10.1. The Labute approximate surface area is 206 Å². The summed E-state index contributed by atoms with van der Waals surface area (Å²) >= 11 is 0. The molecule has 4 aliphatic carbocycles. The van der Waals surface area contributed by atoms with E-state index in [1.54, 1.807) is 6.92 Å². The first-order valence-electron chi connectivity index (χ1n) is 13.6. The average molecular weight is 471 g/mol. The van der Waals surface area contributed by atoms with Crippen LogP contribution in [0.15, 0.2) is 23.8 Å². The minimum absolute atomic E-state index is 0.160. The zero-order valence-electron chi connectivity index (χ0n) is 22.1. The Balaban J connectivity index is 1.56. The lowest BCUT2D eigenvalue weighted by molar-refractivity contribution is -0.139. The van der Waals surface area contributed by atoms with E-state index in [-0.39, 0.29) is 11.8 Å². The van der Waals surface area contributed by atoms with Gasteiger partial charge in [0.1, 0.15) is 0 Å². The second-order valence-electron chi connectivity index (χ2n) is 13.1. The summed E-state index contributed by atoms with van der Waals surface area (Å²) in [6, 6.07) is 0. The molecule has 0 aromatic carbocycles. The van der Waals surface area contributed by atoms with E-state index in [4.69, 9.17) is 5.11 Å². The molecule has 0 saturated heterocycles. The van der Waals surface area contributed by atoms with Gasteiger partial charge in [0, 0.05) is 12.0 Å². The third kappa shape index (κ3) is 3.53. The van der Waals surface area contributed by atoms with Crippen molar-refractivity contribution in [2.24, 2.45) is 45.3 Å². The number of carboxylic acid groups (broad SMARTS) is 2. The van der Waals surface area contributed by atoms with Gasteiger partial charge in [-0.15, -0.1) is 0 Å². The van der Waals surface area contributed by atoms with E-state index in [1.165, 1.54) is 50.5 Å². The maximum Gasteiger partial charge on any atom is 0.330 e. The van der Waals surface area contributed by atoms with Crippen LogP contribution in [-0.4, -0.2) is 22.2 Å². The van der Waals surface area contributed by atoms with Crippen LogP contribution in [0, 0.1) is 45.3 Å². The molecule has 8 atom stereocenters. The van der Waals surface area contributed by atoms with Gasteiger partial charge in [-0.25, -0.2) is 4.79 Å². The van der Waals surface area contributed by atoms with Crippen LogP contribution in [0.4, 0.5) is 0 Å². The van der Waals surface area contributed by atoms with Crippen LogP contribution in [0.2, 0.25) is 0 Å². The molecule has 0 radical (unpaired) electrons. The molecule has 4 rings (SSSR count). The molecule has 0 amide bonds. The molecule has 1 spiro atoms. The Morgan fingerprint density at radius 2 is 1.76 bits per heavy atom. The first-order valence-corrected chi connectivity index (χ1v) is 13.6. The second kappa shape index (κ2) is 8.52. The highest BCUT2D eigenvalue weighted by atomic mass is 16.4. The van der Waals surface area contributed by atoms with Gasteiger partial charge in [-0.3, -0.25) is 4.79 Å². The van der Waals surface area contributed by atoms with Gasteiger partial charge in [-0.1, -0.05) is 39.0 Å². The highest BCUT2D eigenvalue weighted by molar-refractivity contribution is 5.85. The third-order valence-corrected chi connectivity index (χ3v) is 12.0. The SMILES string of the molecule is C=C(C)[C@@H]1CC[C@H]2[C@]3(CC[C@]4(C)[C@@H]([C@H](C)CC/C=C(/C)C(=O)O)CC[C@@]24C)C[C@]13CCC(=O)O. The number of hydrogen-bond acceptors (Lipinski definition) is 2. The summed E-state index contributed by atoms with van der Waals surface area (Å²) in [6.07, 6.45) is 13.6. The standard InChI is InChI=1S/C30H46O4/c1-19(2)22-10-11-24-28(6)14-12-23(20(3)8-7-9-21(4)26(33)34)27(28,5)16-17-30(24)18-29(22,30)15-13-25(31)32/h9,20,22-24H,1,7-8,10-18H2,2-6H3,(H,31,32)(H,33,34)/b21-9-/t20-,22+,23-,24-,27-,28+,29-,30+/m1/s1. The maximum absolute atomic E-state index is 11.6. The van der Waals surface area contributed by atoms with Crippen LogP contribution < -0.4 is 0 Å². The zero-order valence-corrected chi connectivity index (χ0v) is 22.1. The summed E-state index contributed by atoms with van der Waals surface area (Å²) in [7, 11) is 0. The van der Waals surface area contributed by atoms with Gasteiger partial charge in [0.2, 0.25) is 0 Å². The van der Waals surface area contributed by atoms with E-state index < -0.39 is 11.9 Å². The van der Waals surface area contributed by atoms with Crippen molar-refractivity contribution in [3.8, 4) is 0 Å². The number of fused-ring (bicyclic) bond motifs is 2. The number of aliphatic carboxylic acids is 2. The smallest absolute Gasteiger partial charge is 0.330 e. The molecule has 4 fully saturated rings. The van der Waals surface area contributed by atoms with Gasteiger partial charge in [0.25, 0.3) is 0 Å². The monoisotopic (exact) mass is 470 g/mol. The first-order chi connectivity index (χ1) is 15.8. The largest absolute Gasteiger partial charge is 0.481 e.